The summed E-state index contributed by atoms with van der Waals surface area (Å²) >= 11 is 0. The zero-order chi connectivity index (χ0) is 23.2. The van der Waals surface area contributed by atoms with E-state index in [0.717, 1.165) is 5.39 Å². The molecule has 0 aliphatic rings. The minimum Gasteiger partial charge on any atom is -0.422 e. The lowest BCUT2D eigenvalue weighted by Crippen LogP contribution is -2.30. The van der Waals surface area contributed by atoms with Gasteiger partial charge in [-0.05, 0) is 24.6 Å². The van der Waals surface area contributed by atoms with E-state index in [1.807, 2.05) is 0 Å². The maximum Gasteiger partial charge on any atom is 0.340 e. The van der Waals surface area contributed by atoms with Gasteiger partial charge in [0.2, 0.25) is 5.91 Å². The van der Waals surface area contributed by atoms with E-state index < -0.39 is 5.63 Å². The Kier molecular flexibility index (Phi) is 11.7. The van der Waals surface area contributed by atoms with Crippen LogP contribution in [-0.2, 0) is 30.2 Å². The van der Waals surface area contributed by atoms with E-state index in [1.54, 1.807) is 25.1 Å². The van der Waals surface area contributed by atoms with Crippen molar-refractivity contribution in [2.75, 3.05) is 71.7 Å². The Labute approximate surface area is 187 Å². The van der Waals surface area contributed by atoms with Crippen LogP contribution >= 0.6 is 0 Å². The van der Waals surface area contributed by atoms with E-state index in [0.29, 0.717) is 88.3 Å². The van der Waals surface area contributed by atoms with Crippen molar-refractivity contribution in [2.45, 2.75) is 13.3 Å². The highest BCUT2D eigenvalue weighted by molar-refractivity contribution is 5.86. The number of benzene rings is 1. The van der Waals surface area contributed by atoms with Crippen LogP contribution in [0.4, 0.5) is 5.69 Å². The molecular formula is C22H33N3O7. The minimum atomic E-state index is -0.531. The molecule has 1 aromatic carbocycles. The maximum atomic E-state index is 12.3. The Balaban J connectivity index is 1.56. The molecule has 10 heteroatoms. The summed E-state index contributed by atoms with van der Waals surface area (Å²) in [5.41, 5.74) is 12.5. The normalized spacial score (nSPS) is 11.2. The SMILES string of the molecule is Cc1c(CC(=O)NCCOCCOCCOCCOCCN)c(=O)oc2cc(N)ccc12. The number of aryl methyl sites for hydroxylation is 1. The van der Waals surface area contributed by atoms with Crippen LogP contribution in [0, 0.1) is 6.92 Å². The van der Waals surface area contributed by atoms with Crippen molar-refractivity contribution in [1.29, 1.82) is 0 Å². The Bertz CT molecular complexity index is 901. The molecule has 0 spiro atoms. The molecule has 0 saturated carbocycles. The largest absolute Gasteiger partial charge is 0.422 e. The first kappa shape index (κ1) is 25.8. The summed E-state index contributed by atoms with van der Waals surface area (Å²) < 4.78 is 26.6. The fraction of sp³-hybridized carbons (Fsp3) is 0.545. The Morgan fingerprint density at radius 3 is 2.19 bits per heavy atom. The summed E-state index contributed by atoms with van der Waals surface area (Å²) in [6, 6.07) is 5.11. The van der Waals surface area contributed by atoms with Crippen LogP contribution in [-0.4, -0.2) is 71.9 Å². The van der Waals surface area contributed by atoms with E-state index in [4.69, 9.17) is 34.8 Å². The van der Waals surface area contributed by atoms with Crippen LogP contribution in [0.15, 0.2) is 27.4 Å². The number of nitrogen functional groups attached to an aromatic ring is 1. The van der Waals surface area contributed by atoms with Crippen LogP contribution in [0.3, 0.4) is 0 Å². The molecule has 0 fully saturated rings. The van der Waals surface area contributed by atoms with Crippen molar-refractivity contribution >= 4 is 22.6 Å². The van der Waals surface area contributed by atoms with Crippen LogP contribution in [0.2, 0.25) is 0 Å². The topological polar surface area (TPSA) is 148 Å². The number of amides is 1. The number of hydrogen-bond acceptors (Lipinski definition) is 9. The third kappa shape index (κ3) is 8.93. The van der Waals surface area contributed by atoms with Crippen LogP contribution in [0.1, 0.15) is 11.1 Å². The molecule has 1 amide bonds. The molecule has 178 valence electrons. The molecular weight excluding hydrogens is 418 g/mol. The number of anilines is 1. The molecule has 2 aromatic rings. The first-order valence-electron chi connectivity index (χ1n) is 10.6. The number of fused-ring (bicyclic) bond motifs is 1. The van der Waals surface area contributed by atoms with Gasteiger partial charge in [0.25, 0.3) is 0 Å². The van der Waals surface area contributed by atoms with Gasteiger partial charge in [0.05, 0.1) is 64.8 Å². The van der Waals surface area contributed by atoms with Crippen molar-refractivity contribution in [3.05, 3.63) is 39.7 Å². The van der Waals surface area contributed by atoms with Gasteiger partial charge in [-0.25, -0.2) is 4.79 Å². The minimum absolute atomic E-state index is 0.0607. The quantitative estimate of drug-likeness (QED) is 0.187. The highest BCUT2D eigenvalue weighted by Crippen LogP contribution is 2.21. The molecule has 10 nitrogen and oxygen atoms in total. The third-order valence-electron chi connectivity index (χ3n) is 4.60. The summed E-state index contributed by atoms with van der Waals surface area (Å²) in [6.07, 6.45) is -0.0607. The molecule has 0 unspecified atom stereocenters. The second kappa shape index (κ2) is 14.5. The highest BCUT2D eigenvalue weighted by Gasteiger charge is 2.14. The molecule has 0 bridgehead atoms. The van der Waals surface area contributed by atoms with Gasteiger partial charge in [-0.1, -0.05) is 0 Å². The number of rotatable bonds is 16. The van der Waals surface area contributed by atoms with Crippen LogP contribution in [0.5, 0.6) is 0 Å². The second-order valence-corrected chi connectivity index (χ2v) is 7.01. The fourth-order valence-corrected chi connectivity index (χ4v) is 2.95. The molecule has 0 aliphatic heterocycles. The Hall–Kier alpha value is -2.50. The second-order valence-electron chi connectivity index (χ2n) is 7.01. The van der Waals surface area contributed by atoms with E-state index in [-0.39, 0.29) is 12.3 Å². The average molecular weight is 452 g/mol. The zero-order valence-corrected chi connectivity index (χ0v) is 18.5. The van der Waals surface area contributed by atoms with Gasteiger partial charge in [-0.15, -0.1) is 0 Å². The molecule has 2 rings (SSSR count). The molecule has 0 saturated heterocycles. The monoisotopic (exact) mass is 451 g/mol. The van der Waals surface area contributed by atoms with Crippen molar-refractivity contribution in [3.63, 3.8) is 0 Å². The van der Waals surface area contributed by atoms with Crippen molar-refractivity contribution in [3.8, 4) is 0 Å². The van der Waals surface area contributed by atoms with E-state index in [9.17, 15) is 9.59 Å². The average Bonchev–Trinajstić information content (AvgIpc) is 2.76. The van der Waals surface area contributed by atoms with Crippen molar-refractivity contribution in [2.24, 2.45) is 5.73 Å². The van der Waals surface area contributed by atoms with Gasteiger partial charge in [0, 0.05) is 30.2 Å². The number of carbonyl (C=O) groups excluding carboxylic acids is 1. The van der Waals surface area contributed by atoms with Gasteiger partial charge in [-0.2, -0.15) is 0 Å². The van der Waals surface area contributed by atoms with Gasteiger partial charge in [0.1, 0.15) is 5.58 Å². The molecule has 32 heavy (non-hydrogen) atoms. The standard InChI is InChI=1S/C22H33N3O7/c1-16-18-3-2-17(24)14-20(18)32-22(27)19(16)15-21(26)25-5-7-29-9-11-31-13-12-30-10-8-28-6-4-23/h2-3,14H,4-13,15,23-24H2,1H3,(H,25,26). The molecule has 1 aromatic heterocycles. The molecule has 0 atom stereocenters. The number of nitrogens with one attached hydrogen (secondary N) is 1. The zero-order valence-electron chi connectivity index (χ0n) is 18.5. The summed E-state index contributed by atoms with van der Waals surface area (Å²) in [6.45, 7) is 6.33. The van der Waals surface area contributed by atoms with Gasteiger partial charge >= 0.3 is 5.63 Å². The fourth-order valence-electron chi connectivity index (χ4n) is 2.95. The lowest BCUT2D eigenvalue weighted by molar-refractivity contribution is -0.120. The number of nitrogens with two attached hydrogens (primary N) is 2. The predicted octanol–water partition coefficient (Wildman–Crippen LogP) is 0.367. The molecule has 5 N–H and O–H groups in total. The van der Waals surface area contributed by atoms with Crippen LogP contribution < -0.4 is 22.4 Å². The molecule has 1 heterocycles. The summed E-state index contributed by atoms with van der Waals surface area (Å²) in [4.78, 5) is 24.5. The van der Waals surface area contributed by atoms with Gasteiger partial charge in [-0.3, -0.25) is 4.79 Å². The first-order valence-corrected chi connectivity index (χ1v) is 10.6. The Morgan fingerprint density at radius 1 is 0.969 bits per heavy atom. The number of carbonyl (C=O) groups is 1. The summed E-state index contributed by atoms with van der Waals surface area (Å²) in [5.74, 6) is -0.275. The first-order chi connectivity index (χ1) is 15.5. The van der Waals surface area contributed by atoms with E-state index in [2.05, 4.69) is 5.32 Å². The molecule has 0 aliphatic carbocycles. The van der Waals surface area contributed by atoms with Crippen molar-refractivity contribution < 1.29 is 28.2 Å². The van der Waals surface area contributed by atoms with Crippen molar-refractivity contribution in [1.82, 2.24) is 5.32 Å². The Morgan fingerprint density at radius 2 is 1.56 bits per heavy atom. The maximum absolute atomic E-state index is 12.3. The molecule has 0 radical (unpaired) electrons. The van der Waals surface area contributed by atoms with Gasteiger partial charge in [0.15, 0.2) is 0 Å². The van der Waals surface area contributed by atoms with Crippen LogP contribution in [0.25, 0.3) is 11.0 Å². The number of hydrogen-bond donors (Lipinski definition) is 3. The van der Waals surface area contributed by atoms with Gasteiger partial charge < -0.3 is 40.1 Å². The smallest absolute Gasteiger partial charge is 0.340 e. The van der Waals surface area contributed by atoms with E-state index >= 15 is 0 Å². The summed E-state index contributed by atoms with van der Waals surface area (Å²) in [7, 11) is 0. The lowest BCUT2D eigenvalue weighted by Gasteiger charge is -2.10. The predicted molar refractivity (Wildman–Crippen MR) is 121 cm³/mol. The third-order valence-corrected chi connectivity index (χ3v) is 4.60. The highest BCUT2D eigenvalue weighted by atomic mass is 16.6. The lowest BCUT2D eigenvalue weighted by atomic mass is 10.0. The number of ether oxygens (including phenoxy) is 4. The summed E-state index contributed by atoms with van der Waals surface area (Å²) in [5, 5.41) is 3.50. The van der Waals surface area contributed by atoms with E-state index in [1.165, 1.54) is 0 Å².